The first-order valence-corrected chi connectivity index (χ1v) is 5.93. The topological polar surface area (TPSA) is 55.4 Å². The Hall–Kier alpha value is -2.36. The summed E-state index contributed by atoms with van der Waals surface area (Å²) in [5.41, 5.74) is 0.824. The van der Waals surface area contributed by atoms with Crippen molar-refractivity contribution in [1.82, 2.24) is 5.32 Å². The van der Waals surface area contributed by atoms with E-state index in [0.717, 1.165) is 5.56 Å². The van der Waals surface area contributed by atoms with Crippen LogP contribution in [0.1, 0.15) is 19.4 Å². The van der Waals surface area contributed by atoms with Gasteiger partial charge in [0.25, 0.3) is 0 Å². The van der Waals surface area contributed by atoms with Crippen LogP contribution in [0.4, 0.5) is 0 Å². The third-order valence-electron chi connectivity index (χ3n) is 2.09. The Morgan fingerprint density at radius 3 is 2.47 bits per heavy atom. The number of hydrogen-bond acceptors (Lipinski definition) is 3. The molecule has 1 N–H and O–H groups in total. The summed E-state index contributed by atoms with van der Waals surface area (Å²) in [4.78, 5) is 23.0. The summed E-state index contributed by atoms with van der Waals surface area (Å²) in [5, 5.41) is 2.36. The predicted octanol–water partition coefficient (Wildman–Crippen LogP) is 2.28. The average molecular weight is 259 g/mol. The van der Waals surface area contributed by atoms with Crippen molar-refractivity contribution in [3.05, 3.63) is 54.2 Å². The lowest BCUT2D eigenvalue weighted by atomic mass is 10.2. The molecule has 0 radical (unpaired) electrons. The molecule has 4 heteroatoms. The molecule has 1 aromatic carbocycles. The second-order valence-corrected chi connectivity index (χ2v) is 4.17. The van der Waals surface area contributed by atoms with Crippen molar-refractivity contribution in [2.24, 2.45) is 0 Å². The smallest absolute Gasteiger partial charge is 0.354 e. The molecular weight excluding hydrogens is 242 g/mol. The van der Waals surface area contributed by atoms with Gasteiger partial charge < -0.3 is 10.1 Å². The van der Waals surface area contributed by atoms with Gasteiger partial charge in [-0.15, -0.1) is 0 Å². The van der Waals surface area contributed by atoms with Crippen molar-refractivity contribution >= 4 is 18.0 Å². The molecule has 0 saturated carbocycles. The fraction of sp³-hybridized carbons (Fsp3) is 0.200. The van der Waals surface area contributed by atoms with Crippen LogP contribution in [0.15, 0.2) is 48.7 Å². The van der Waals surface area contributed by atoms with Gasteiger partial charge in [0.2, 0.25) is 5.91 Å². The standard InChI is InChI=1S/C15H17NO3/c1-11(2)19-15(18)12(3)16-14(17)10-9-13-7-5-4-6-8-13/h4-11H,3H2,1-2H3,(H,16,17)/b10-9+. The summed E-state index contributed by atoms with van der Waals surface area (Å²) in [5.74, 6) is -1.05. The number of ether oxygens (including phenoxy) is 1. The highest BCUT2D eigenvalue weighted by Gasteiger charge is 2.11. The van der Waals surface area contributed by atoms with Gasteiger partial charge >= 0.3 is 5.97 Å². The van der Waals surface area contributed by atoms with E-state index in [9.17, 15) is 9.59 Å². The van der Waals surface area contributed by atoms with E-state index in [4.69, 9.17) is 4.74 Å². The minimum atomic E-state index is -0.628. The number of amides is 1. The van der Waals surface area contributed by atoms with Crippen LogP contribution in [0.25, 0.3) is 6.08 Å². The van der Waals surface area contributed by atoms with Gasteiger partial charge in [-0.3, -0.25) is 4.79 Å². The van der Waals surface area contributed by atoms with Crippen molar-refractivity contribution in [2.75, 3.05) is 0 Å². The highest BCUT2D eigenvalue weighted by molar-refractivity contribution is 5.99. The van der Waals surface area contributed by atoms with Crippen LogP contribution in [0.5, 0.6) is 0 Å². The molecular formula is C15H17NO3. The second-order valence-electron chi connectivity index (χ2n) is 4.17. The Kier molecular flexibility index (Phi) is 5.54. The van der Waals surface area contributed by atoms with E-state index in [0.29, 0.717) is 0 Å². The Morgan fingerprint density at radius 1 is 1.26 bits per heavy atom. The van der Waals surface area contributed by atoms with Crippen molar-refractivity contribution in [3.63, 3.8) is 0 Å². The van der Waals surface area contributed by atoms with Gasteiger partial charge in [0.1, 0.15) is 5.70 Å². The first-order chi connectivity index (χ1) is 8.99. The van der Waals surface area contributed by atoms with Crippen LogP contribution in [-0.2, 0) is 14.3 Å². The quantitative estimate of drug-likeness (QED) is 0.652. The Bertz CT molecular complexity index is 489. The lowest BCUT2D eigenvalue weighted by Gasteiger charge is -2.09. The van der Waals surface area contributed by atoms with E-state index in [1.165, 1.54) is 6.08 Å². The molecule has 0 aliphatic rings. The van der Waals surface area contributed by atoms with Gasteiger partial charge in [-0.25, -0.2) is 4.79 Å². The molecule has 0 spiro atoms. The normalized spacial score (nSPS) is 10.5. The summed E-state index contributed by atoms with van der Waals surface area (Å²) in [6.07, 6.45) is 2.74. The maximum absolute atomic E-state index is 11.6. The molecule has 1 rings (SSSR count). The largest absolute Gasteiger partial charge is 0.458 e. The SMILES string of the molecule is C=C(NC(=O)/C=C/c1ccccc1)C(=O)OC(C)C. The third-order valence-corrected chi connectivity index (χ3v) is 2.09. The summed E-state index contributed by atoms with van der Waals surface area (Å²) in [6.45, 7) is 6.91. The molecule has 0 heterocycles. The molecule has 1 amide bonds. The Balaban J connectivity index is 2.50. The number of nitrogens with one attached hydrogen (secondary N) is 1. The lowest BCUT2D eigenvalue weighted by Crippen LogP contribution is -2.27. The molecule has 0 aliphatic heterocycles. The molecule has 1 aromatic rings. The summed E-state index contributed by atoms with van der Waals surface area (Å²) in [6, 6.07) is 9.37. The number of hydrogen-bond donors (Lipinski definition) is 1. The van der Waals surface area contributed by atoms with Crippen LogP contribution < -0.4 is 5.32 Å². The monoisotopic (exact) mass is 259 g/mol. The van der Waals surface area contributed by atoms with Gasteiger partial charge in [0.15, 0.2) is 0 Å². The number of benzene rings is 1. The first-order valence-electron chi connectivity index (χ1n) is 5.93. The van der Waals surface area contributed by atoms with Gasteiger partial charge in [-0.2, -0.15) is 0 Å². The first kappa shape index (κ1) is 14.7. The van der Waals surface area contributed by atoms with E-state index in [2.05, 4.69) is 11.9 Å². The van der Waals surface area contributed by atoms with Crippen molar-refractivity contribution in [1.29, 1.82) is 0 Å². The van der Waals surface area contributed by atoms with Crippen LogP contribution in [0.3, 0.4) is 0 Å². The summed E-state index contributed by atoms with van der Waals surface area (Å²) >= 11 is 0. The number of carbonyl (C=O) groups is 2. The van der Waals surface area contributed by atoms with Gasteiger partial charge in [-0.05, 0) is 25.5 Å². The summed E-state index contributed by atoms with van der Waals surface area (Å²) in [7, 11) is 0. The van der Waals surface area contributed by atoms with Crippen molar-refractivity contribution in [3.8, 4) is 0 Å². The molecule has 0 atom stereocenters. The molecule has 0 unspecified atom stereocenters. The fourth-order valence-electron chi connectivity index (χ4n) is 1.26. The number of rotatable bonds is 5. The Morgan fingerprint density at radius 2 is 1.89 bits per heavy atom. The van der Waals surface area contributed by atoms with Gasteiger partial charge in [0, 0.05) is 6.08 Å². The maximum atomic E-state index is 11.6. The number of carbonyl (C=O) groups excluding carboxylic acids is 2. The summed E-state index contributed by atoms with van der Waals surface area (Å²) < 4.78 is 4.90. The van der Waals surface area contributed by atoms with E-state index >= 15 is 0 Å². The van der Waals surface area contributed by atoms with Crippen LogP contribution >= 0.6 is 0 Å². The van der Waals surface area contributed by atoms with E-state index in [1.807, 2.05) is 30.3 Å². The molecule has 0 aliphatic carbocycles. The molecule has 0 fully saturated rings. The fourth-order valence-corrected chi connectivity index (χ4v) is 1.26. The molecule has 0 aromatic heterocycles. The lowest BCUT2D eigenvalue weighted by molar-refractivity contribution is -0.143. The van der Waals surface area contributed by atoms with Crippen LogP contribution in [0, 0.1) is 0 Å². The van der Waals surface area contributed by atoms with E-state index in [1.54, 1.807) is 19.9 Å². The van der Waals surface area contributed by atoms with E-state index in [-0.39, 0.29) is 11.8 Å². The average Bonchev–Trinajstić information content (AvgIpc) is 2.36. The van der Waals surface area contributed by atoms with E-state index < -0.39 is 11.9 Å². The zero-order chi connectivity index (χ0) is 14.3. The van der Waals surface area contributed by atoms with Crippen LogP contribution in [-0.4, -0.2) is 18.0 Å². The van der Waals surface area contributed by atoms with Crippen LogP contribution in [0.2, 0.25) is 0 Å². The van der Waals surface area contributed by atoms with Crippen molar-refractivity contribution in [2.45, 2.75) is 20.0 Å². The van der Waals surface area contributed by atoms with Gasteiger partial charge in [-0.1, -0.05) is 36.9 Å². The minimum Gasteiger partial charge on any atom is -0.458 e. The van der Waals surface area contributed by atoms with Crippen molar-refractivity contribution < 1.29 is 14.3 Å². The highest BCUT2D eigenvalue weighted by Crippen LogP contribution is 2.01. The number of esters is 1. The third kappa shape index (κ3) is 5.68. The highest BCUT2D eigenvalue weighted by atomic mass is 16.5. The van der Waals surface area contributed by atoms with Gasteiger partial charge in [0.05, 0.1) is 6.10 Å². The molecule has 19 heavy (non-hydrogen) atoms. The maximum Gasteiger partial charge on any atom is 0.354 e. The molecule has 100 valence electrons. The molecule has 0 bridgehead atoms. The predicted molar refractivity (Wildman–Crippen MR) is 74.0 cm³/mol. The zero-order valence-electron chi connectivity index (χ0n) is 11.1. The Labute approximate surface area is 112 Å². The minimum absolute atomic E-state index is 0.0728. The zero-order valence-corrected chi connectivity index (χ0v) is 11.1. The molecule has 0 saturated heterocycles. The second kappa shape index (κ2) is 7.16. The molecule has 4 nitrogen and oxygen atoms in total.